The van der Waals surface area contributed by atoms with E-state index in [1.165, 1.54) is 0 Å². The number of furan rings is 1. The summed E-state index contributed by atoms with van der Waals surface area (Å²) in [5.74, 6) is 1.96. The van der Waals surface area contributed by atoms with Crippen molar-refractivity contribution in [2.45, 2.75) is 19.1 Å². The van der Waals surface area contributed by atoms with Gasteiger partial charge >= 0.3 is 0 Å². The topological polar surface area (TPSA) is 84.8 Å². The fourth-order valence-electron chi connectivity index (χ4n) is 2.81. The van der Waals surface area contributed by atoms with Crippen molar-refractivity contribution in [3.05, 3.63) is 73.0 Å². The highest BCUT2D eigenvalue weighted by molar-refractivity contribution is 5.53. The molecule has 0 saturated carbocycles. The van der Waals surface area contributed by atoms with E-state index in [0.29, 0.717) is 44.4 Å². The van der Waals surface area contributed by atoms with Gasteiger partial charge in [-0.05, 0) is 12.1 Å². The Morgan fingerprint density at radius 2 is 2.07 bits per heavy atom. The molecule has 0 amide bonds. The first-order chi connectivity index (χ1) is 13.7. The minimum Gasteiger partial charge on any atom is -0.468 e. The van der Waals surface area contributed by atoms with Gasteiger partial charge in [0.2, 0.25) is 11.7 Å². The van der Waals surface area contributed by atoms with E-state index in [2.05, 4.69) is 21.6 Å². The van der Waals surface area contributed by atoms with Crippen LogP contribution in [0.4, 0.5) is 0 Å². The molecule has 2 heterocycles. The zero-order chi connectivity index (χ0) is 19.6. The first-order valence-corrected chi connectivity index (χ1v) is 9.24. The van der Waals surface area contributed by atoms with Crippen LogP contribution >= 0.6 is 0 Å². The molecule has 3 rings (SSSR count). The number of hydrogen-bond donors (Lipinski definition) is 1. The van der Waals surface area contributed by atoms with Crippen LogP contribution < -0.4 is 0 Å². The number of nitrogens with zero attached hydrogens (tertiary/aromatic N) is 3. The van der Waals surface area contributed by atoms with Gasteiger partial charge in [-0.25, -0.2) is 0 Å². The monoisotopic (exact) mass is 383 g/mol. The molecule has 1 atom stereocenters. The highest BCUT2D eigenvalue weighted by Gasteiger charge is 2.16. The third-order valence-corrected chi connectivity index (χ3v) is 4.12. The van der Waals surface area contributed by atoms with Crippen LogP contribution in [0.1, 0.15) is 11.7 Å². The highest BCUT2D eigenvalue weighted by Crippen LogP contribution is 2.15. The Kier molecular flexibility index (Phi) is 7.54. The van der Waals surface area contributed by atoms with E-state index in [1.54, 1.807) is 12.3 Å². The molecule has 0 aliphatic rings. The molecular weight excluding hydrogens is 358 g/mol. The van der Waals surface area contributed by atoms with E-state index in [4.69, 9.17) is 13.7 Å². The van der Waals surface area contributed by atoms with Gasteiger partial charge < -0.3 is 18.8 Å². The number of ether oxygens (including phenoxy) is 1. The van der Waals surface area contributed by atoms with Gasteiger partial charge in [0.05, 0.1) is 32.1 Å². The molecule has 0 spiro atoms. The van der Waals surface area contributed by atoms with E-state index in [1.807, 2.05) is 42.5 Å². The zero-order valence-electron chi connectivity index (χ0n) is 15.7. The Hall–Kier alpha value is -2.74. The Labute approximate surface area is 164 Å². The molecule has 1 aromatic carbocycles. The maximum absolute atomic E-state index is 10.2. The van der Waals surface area contributed by atoms with E-state index < -0.39 is 6.10 Å². The van der Waals surface area contributed by atoms with Crippen molar-refractivity contribution >= 4 is 0 Å². The highest BCUT2D eigenvalue weighted by atomic mass is 16.5. The predicted molar refractivity (Wildman–Crippen MR) is 104 cm³/mol. The minimum absolute atomic E-state index is 0.249. The van der Waals surface area contributed by atoms with Gasteiger partial charge in [-0.1, -0.05) is 41.6 Å². The molecule has 0 fully saturated rings. The van der Waals surface area contributed by atoms with Crippen molar-refractivity contribution in [3.63, 3.8) is 0 Å². The molecule has 2 aromatic heterocycles. The van der Waals surface area contributed by atoms with Crippen LogP contribution in [0, 0.1) is 0 Å². The maximum Gasteiger partial charge on any atom is 0.228 e. The average Bonchev–Trinajstić information content (AvgIpc) is 3.39. The molecule has 28 heavy (non-hydrogen) atoms. The third kappa shape index (κ3) is 6.16. The van der Waals surface area contributed by atoms with Crippen molar-refractivity contribution in [2.75, 3.05) is 26.3 Å². The van der Waals surface area contributed by atoms with Crippen LogP contribution in [0.2, 0.25) is 0 Å². The lowest BCUT2D eigenvalue weighted by molar-refractivity contribution is 0.0232. The standard InChI is InChI=1S/C21H25N3O4/c1-2-12-26-16-18(25)14-24(15-19-9-6-13-27-19)11-10-20-22-21(23-28-20)17-7-4-3-5-8-17/h2-9,13,18,25H,1,10-12,14-16H2/t18-/m0/s1. The molecule has 0 aliphatic heterocycles. The molecule has 148 valence electrons. The van der Waals surface area contributed by atoms with Gasteiger partial charge in [-0.15, -0.1) is 6.58 Å². The van der Waals surface area contributed by atoms with E-state index in [9.17, 15) is 5.11 Å². The van der Waals surface area contributed by atoms with Gasteiger partial charge in [0.25, 0.3) is 0 Å². The molecule has 7 nitrogen and oxygen atoms in total. The molecule has 1 N–H and O–H groups in total. The number of rotatable bonds is 12. The Morgan fingerprint density at radius 3 is 2.82 bits per heavy atom. The molecule has 0 saturated heterocycles. The Morgan fingerprint density at radius 1 is 1.21 bits per heavy atom. The molecule has 7 heteroatoms. The van der Waals surface area contributed by atoms with Crippen LogP contribution in [-0.2, 0) is 17.7 Å². The van der Waals surface area contributed by atoms with Gasteiger partial charge in [0, 0.05) is 25.1 Å². The molecular formula is C21H25N3O4. The minimum atomic E-state index is -0.613. The largest absolute Gasteiger partial charge is 0.468 e. The summed E-state index contributed by atoms with van der Waals surface area (Å²) in [5, 5.41) is 14.3. The summed E-state index contributed by atoms with van der Waals surface area (Å²) in [4.78, 5) is 6.54. The number of benzene rings is 1. The van der Waals surface area contributed by atoms with Crippen LogP contribution in [0.3, 0.4) is 0 Å². The third-order valence-electron chi connectivity index (χ3n) is 4.12. The van der Waals surface area contributed by atoms with Crippen molar-refractivity contribution in [2.24, 2.45) is 0 Å². The molecule has 3 aromatic rings. The summed E-state index contributed by atoms with van der Waals surface area (Å²) in [7, 11) is 0. The van der Waals surface area contributed by atoms with Crippen molar-refractivity contribution < 1.29 is 18.8 Å². The normalized spacial score (nSPS) is 12.4. The van der Waals surface area contributed by atoms with Gasteiger partial charge in [-0.3, -0.25) is 4.90 Å². The summed E-state index contributed by atoms with van der Waals surface area (Å²) >= 11 is 0. The number of aliphatic hydroxyl groups excluding tert-OH is 1. The molecule has 0 aliphatic carbocycles. The van der Waals surface area contributed by atoms with Crippen LogP contribution in [0.15, 0.2) is 70.3 Å². The van der Waals surface area contributed by atoms with Crippen molar-refractivity contribution in [1.29, 1.82) is 0 Å². The van der Waals surface area contributed by atoms with Gasteiger partial charge in [0.1, 0.15) is 5.76 Å². The Balaban J connectivity index is 1.57. The predicted octanol–water partition coefficient (Wildman–Crippen LogP) is 2.94. The van der Waals surface area contributed by atoms with Gasteiger partial charge in [0.15, 0.2) is 0 Å². The molecule has 0 radical (unpaired) electrons. The summed E-state index contributed by atoms with van der Waals surface area (Å²) in [6.45, 7) is 5.92. The second-order valence-corrected chi connectivity index (χ2v) is 6.42. The zero-order valence-corrected chi connectivity index (χ0v) is 15.7. The smallest absolute Gasteiger partial charge is 0.228 e. The number of hydrogen-bond acceptors (Lipinski definition) is 7. The summed E-state index contributed by atoms with van der Waals surface area (Å²) in [6, 6.07) is 13.5. The molecule has 0 bridgehead atoms. The first-order valence-electron chi connectivity index (χ1n) is 9.24. The SMILES string of the molecule is C=CCOC[C@@H](O)CN(CCc1nc(-c2ccccc2)no1)Cc1ccco1. The summed E-state index contributed by atoms with van der Waals surface area (Å²) in [6.07, 6.45) is 3.26. The summed E-state index contributed by atoms with van der Waals surface area (Å²) < 4.78 is 16.2. The maximum atomic E-state index is 10.2. The quantitative estimate of drug-likeness (QED) is 0.380. The summed E-state index contributed by atoms with van der Waals surface area (Å²) in [5.41, 5.74) is 0.916. The second-order valence-electron chi connectivity index (χ2n) is 6.42. The second kappa shape index (κ2) is 10.6. The van der Waals surface area contributed by atoms with E-state index in [0.717, 1.165) is 11.3 Å². The lowest BCUT2D eigenvalue weighted by atomic mass is 10.2. The number of aliphatic hydroxyl groups is 1. The van der Waals surface area contributed by atoms with Crippen molar-refractivity contribution in [1.82, 2.24) is 15.0 Å². The van der Waals surface area contributed by atoms with E-state index >= 15 is 0 Å². The Bertz CT molecular complexity index is 817. The van der Waals surface area contributed by atoms with E-state index in [-0.39, 0.29) is 6.61 Å². The van der Waals surface area contributed by atoms with Gasteiger partial charge in [-0.2, -0.15) is 4.98 Å². The lowest BCUT2D eigenvalue weighted by Crippen LogP contribution is -2.36. The fourth-order valence-corrected chi connectivity index (χ4v) is 2.81. The average molecular weight is 383 g/mol. The first kappa shape index (κ1) is 20.0. The number of aromatic nitrogens is 2. The molecule has 0 unspecified atom stereocenters. The fraction of sp³-hybridized carbons (Fsp3) is 0.333. The lowest BCUT2D eigenvalue weighted by Gasteiger charge is -2.23. The van der Waals surface area contributed by atoms with Crippen LogP contribution in [-0.4, -0.2) is 52.6 Å². The van der Waals surface area contributed by atoms with Crippen molar-refractivity contribution in [3.8, 4) is 11.4 Å². The van der Waals surface area contributed by atoms with Crippen LogP contribution in [0.25, 0.3) is 11.4 Å². The van der Waals surface area contributed by atoms with Crippen LogP contribution in [0.5, 0.6) is 0 Å².